The standard InChI is InChI=1S/C20H23FN4O2/c1-14-5-6-15(10-17(14)21)12-24-19(26)11-18-20(27)23-8-9-25(18)13-16-4-2-3-7-22-16/h2-7,10,18H,8-9,11-13H2,1H3,(H,23,27)(H,24,26). The van der Waals surface area contributed by atoms with Crippen molar-refractivity contribution >= 4 is 11.8 Å². The second kappa shape index (κ2) is 8.73. The molecule has 27 heavy (non-hydrogen) atoms. The van der Waals surface area contributed by atoms with Crippen molar-refractivity contribution in [1.82, 2.24) is 20.5 Å². The van der Waals surface area contributed by atoms with Gasteiger partial charge in [-0.25, -0.2) is 4.39 Å². The smallest absolute Gasteiger partial charge is 0.237 e. The molecule has 2 heterocycles. The minimum atomic E-state index is -0.546. The molecule has 142 valence electrons. The molecule has 2 N–H and O–H groups in total. The number of hydrogen-bond acceptors (Lipinski definition) is 4. The number of nitrogens with one attached hydrogen (secondary N) is 2. The van der Waals surface area contributed by atoms with Gasteiger partial charge in [0, 0.05) is 32.4 Å². The Morgan fingerprint density at radius 3 is 2.96 bits per heavy atom. The highest BCUT2D eigenvalue weighted by molar-refractivity contribution is 5.88. The van der Waals surface area contributed by atoms with Gasteiger partial charge >= 0.3 is 0 Å². The molecule has 1 atom stereocenters. The minimum Gasteiger partial charge on any atom is -0.353 e. The number of halogens is 1. The monoisotopic (exact) mass is 370 g/mol. The quantitative estimate of drug-likeness (QED) is 0.809. The van der Waals surface area contributed by atoms with Crippen molar-refractivity contribution in [2.24, 2.45) is 0 Å². The van der Waals surface area contributed by atoms with E-state index in [1.807, 2.05) is 23.1 Å². The Kier molecular flexibility index (Phi) is 6.13. The highest BCUT2D eigenvalue weighted by atomic mass is 19.1. The van der Waals surface area contributed by atoms with Gasteiger partial charge in [0.15, 0.2) is 0 Å². The van der Waals surface area contributed by atoms with Crippen LogP contribution in [0.4, 0.5) is 4.39 Å². The molecule has 6 nitrogen and oxygen atoms in total. The number of piperazine rings is 1. The third-order valence-electron chi connectivity index (χ3n) is 4.64. The lowest BCUT2D eigenvalue weighted by Crippen LogP contribution is -2.56. The minimum absolute atomic E-state index is 0.0486. The van der Waals surface area contributed by atoms with Crippen LogP contribution in [0.3, 0.4) is 0 Å². The number of aryl methyl sites for hydroxylation is 1. The first kappa shape index (κ1) is 19.0. The van der Waals surface area contributed by atoms with Crippen LogP contribution in [-0.2, 0) is 22.7 Å². The van der Waals surface area contributed by atoms with Gasteiger partial charge in [0.2, 0.25) is 11.8 Å². The summed E-state index contributed by atoms with van der Waals surface area (Å²) in [5, 5.41) is 5.58. The molecule has 0 bridgehead atoms. The normalized spacial score (nSPS) is 17.4. The van der Waals surface area contributed by atoms with Gasteiger partial charge in [0.25, 0.3) is 0 Å². The van der Waals surface area contributed by atoms with Crippen LogP contribution in [0.15, 0.2) is 42.6 Å². The Morgan fingerprint density at radius 1 is 1.37 bits per heavy atom. The highest BCUT2D eigenvalue weighted by Gasteiger charge is 2.31. The first-order chi connectivity index (χ1) is 13.0. The molecular formula is C20H23FN4O2. The SMILES string of the molecule is Cc1ccc(CNC(=O)CC2C(=O)NCCN2Cc2ccccn2)cc1F. The van der Waals surface area contributed by atoms with E-state index in [0.29, 0.717) is 30.8 Å². The average Bonchev–Trinajstić information content (AvgIpc) is 2.66. The van der Waals surface area contributed by atoms with Gasteiger partial charge in [-0.1, -0.05) is 18.2 Å². The molecule has 2 aromatic rings. The number of benzene rings is 1. The Labute approximate surface area is 157 Å². The van der Waals surface area contributed by atoms with Gasteiger partial charge in [-0.05, 0) is 36.2 Å². The lowest BCUT2D eigenvalue weighted by molar-refractivity contribution is -0.134. The lowest BCUT2D eigenvalue weighted by atomic mass is 10.1. The van der Waals surface area contributed by atoms with Crippen molar-refractivity contribution in [2.75, 3.05) is 13.1 Å². The van der Waals surface area contributed by atoms with E-state index in [1.54, 1.807) is 25.3 Å². The van der Waals surface area contributed by atoms with Gasteiger partial charge < -0.3 is 10.6 Å². The molecule has 0 spiro atoms. The molecule has 3 rings (SSSR count). The van der Waals surface area contributed by atoms with Crippen LogP contribution in [-0.4, -0.2) is 40.8 Å². The number of hydrogen-bond donors (Lipinski definition) is 2. The summed E-state index contributed by atoms with van der Waals surface area (Å²) in [5.41, 5.74) is 2.10. The van der Waals surface area contributed by atoms with E-state index in [1.165, 1.54) is 6.07 Å². The molecule has 0 aliphatic carbocycles. The summed E-state index contributed by atoms with van der Waals surface area (Å²) in [5.74, 6) is -0.701. The number of carbonyl (C=O) groups is 2. The summed E-state index contributed by atoms with van der Waals surface area (Å²) < 4.78 is 13.6. The third kappa shape index (κ3) is 5.10. The van der Waals surface area contributed by atoms with Gasteiger partial charge in [-0.15, -0.1) is 0 Å². The molecule has 1 fully saturated rings. The van der Waals surface area contributed by atoms with Crippen molar-refractivity contribution in [2.45, 2.75) is 32.5 Å². The van der Waals surface area contributed by atoms with Crippen LogP contribution in [0.5, 0.6) is 0 Å². The zero-order chi connectivity index (χ0) is 19.2. The van der Waals surface area contributed by atoms with E-state index in [9.17, 15) is 14.0 Å². The van der Waals surface area contributed by atoms with E-state index in [4.69, 9.17) is 0 Å². The van der Waals surface area contributed by atoms with Crippen LogP contribution in [0.2, 0.25) is 0 Å². The van der Waals surface area contributed by atoms with Crippen molar-refractivity contribution in [3.63, 3.8) is 0 Å². The van der Waals surface area contributed by atoms with Crippen molar-refractivity contribution in [3.8, 4) is 0 Å². The van der Waals surface area contributed by atoms with Crippen molar-refractivity contribution in [1.29, 1.82) is 0 Å². The zero-order valence-corrected chi connectivity index (χ0v) is 15.2. The predicted molar refractivity (Wildman–Crippen MR) is 99.0 cm³/mol. The number of carbonyl (C=O) groups excluding carboxylic acids is 2. The Balaban J connectivity index is 1.59. The highest BCUT2D eigenvalue weighted by Crippen LogP contribution is 2.13. The van der Waals surface area contributed by atoms with Crippen LogP contribution in [0.25, 0.3) is 0 Å². The molecule has 1 saturated heterocycles. The Hall–Kier alpha value is -2.80. The molecule has 2 amide bonds. The molecule has 1 aliphatic rings. The number of nitrogens with zero attached hydrogens (tertiary/aromatic N) is 2. The lowest BCUT2D eigenvalue weighted by Gasteiger charge is -2.34. The maximum absolute atomic E-state index is 13.6. The zero-order valence-electron chi connectivity index (χ0n) is 15.2. The molecule has 0 saturated carbocycles. The summed E-state index contributed by atoms with van der Waals surface area (Å²) in [6, 6.07) is 9.96. The fourth-order valence-corrected chi connectivity index (χ4v) is 3.07. The second-order valence-corrected chi connectivity index (χ2v) is 6.66. The summed E-state index contributed by atoms with van der Waals surface area (Å²) in [6.45, 7) is 3.63. The van der Waals surface area contributed by atoms with Crippen LogP contribution in [0, 0.1) is 12.7 Å². The molecule has 1 aliphatic heterocycles. The van der Waals surface area contributed by atoms with Gasteiger partial charge in [-0.2, -0.15) is 0 Å². The van der Waals surface area contributed by atoms with Gasteiger partial charge in [-0.3, -0.25) is 19.5 Å². The topological polar surface area (TPSA) is 74.3 Å². The summed E-state index contributed by atoms with van der Waals surface area (Å²) >= 11 is 0. The number of aromatic nitrogens is 1. The molecule has 1 aromatic carbocycles. The second-order valence-electron chi connectivity index (χ2n) is 6.66. The molecule has 0 radical (unpaired) electrons. The molecule has 7 heteroatoms. The van der Waals surface area contributed by atoms with Crippen molar-refractivity contribution in [3.05, 3.63) is 65.2 Å². The molecular weight excluding hydrogens is 347 g/mol. The van der Waals surface area contributed by atoms with E-state index in [0.717, 1.165) is 5.69 Å². The Morgan fingerprint density at radius 2 is 2.22 bits per heavy atom. The summed E-state index contributed by atoms with van der Waals surface area (Å²) in [7, 11) is 0. The predicted octanol–water partition coefficient (Wildman–Crippen LogP) is 1.54. The maximum atomic E-state index is 13.6. The number of rotatable bonds is 6. The van der Waals surface area contributed by atoms with E-state index in [2.05, 4.69) is 15.6 Å². The van der Waals surface area contributed by atoms with Crippen LogP contribution < -0.4 is 10.6 Å². The van der Waals surface area contributed by atoms with E-state index >= 15 is 0 Å². The van der Waals surface area contributed by atoms with E-state index < -0.39 is 6.04 Å². The maximum Gasteiger partial charge on any atom is 0.237 e. The molecule has 1 aromatic heterocycles. The first-order valence-corrected chi connectivity index (χ1v) is 8.96. The van der Waals surface area contributed by atoms with Gasteiger partial charge in [0.05, 0.1) is 18.2 Å². The third-order valence-corrected chi connectivity index (χ3v) is 4.64. The Bertz CT molecular complexity index is 813. The fourth-order valence-electron chi connectivity index (χ4n) is 3.07. The van der Waals surface area contributed by atoms with Gasteiger partial charge in [0.1, 0.15) is 5.82 Å². The number of amides is 2. The largest absolute Gasteiger partial charge is 0.353 e. The summed E-state index contributed by atoms with van der Waals surface area (Å²) in [6.07, 6.45) is 1.76. The average molecular weight is 370 g/mol. The van der Waals surface area contributed by atoms with Crippen LogP contribution >= 0.6 is 0 Å². The molecule has 1 unspecified atom stereocenters. The van der Waals surface area contributed by atoms with Crippen molar-refractivity contribution < 1.29 is 14.0 Å². The number of pyridine rings is 1. The summed E-state index contributed by atoms with van der Waals surface area (Å²) in [4.78, 5) is 30.9. The van der Waals surface area contributed by atoms with E-state index in [-0.39, 0.29) is 30.6 Å². The first-order valence-electron chi connectivity index (χ1n) is 8.96. The van der Waals surface area contributed by atoms with Crippen LogP contribution in [0.1, 0.15) is 23.2 Å². The fraction of sp³-hybridized carbons (Fsp3) is 0.350.